The third-order valence-electron chi connectivity index (χ3n) is 4.99. The SMILES string of the molecule is CN1CC[C@@H](NC(=O)C(C)(C)COc2ncccc2C(F)(F)F)C(C)(C)C1. The summed E-state index contributed by atoms with van der Waals surface area (Å²) in [5, 5.41) is 3.06. The van der Waals surface area contributed by atoms with Crippen molar-refractivity contribution in [3.05, 3.63) is 23.9 Å². The lowest BCUT2D eigenvalue weighted by molar-refractivity contribution is -0.140. The normalized spacial score (nSPS) is 21.0. The van der Waals surface area contributed by atoms with Crippen LogP contribution >= 0.6 is 0 Å². The first-order valence-corrected chi connectivity index (χ1v) is 8.97. The smallest absolute Gasteiger partial charge is 0.421 e. The lowest BCUT2D eigenvalue weighted by Gasteiger charge is -2.44. The fourth-order valence-corrected chi connectivity index (χ4v) is 3.28. The first kappa shape index (κ1) is 21.5. The molecule has 152 valence electrons. The molecule has 2 heterocycles. The predicted molar refractivity (Wildman–Crippen MR) is 96.3 cm³/mol. The molecule has 0 bridgehead atoms. The number of carbonyl (C=O) groups excluding carboxylic acids is 1. The van der Waals surface area contributed by atoms with E-state index in [1.807, 2.05) is 7.05 Å². The van der Waals surface area contributed by atoms with Gasteiger partial charge in [0.25, 0.3) is 0 Å². The summed E-state index contributed by atoms with van der Waals surface area (Å²) < 4.78 is 44.5. The molecule has 0 aliphatic carbocycles. The van der Waals surface area contributed by atoms with Gasteiger partial charge in [0.1, 0.15) is 12.2 Å². The molecule has 1 saturated heterocycles. The monoisotopic (exact) mass is 387 g/mol. The second kappa shape index (κ2) is 7.66. The average Bonchev–Trinajstić information content (AvgIpc) is 2.54. The van der Waals surface area contributed by atoms with E-state index in [0.717, 1.165) is 25.6 Å². The van der Waals surface area contributed by atoms with E-state index in [1.165, 1.54) is 12.3 Å². The van der Waals surface area contributed by atoms with E-state index in [1.54, 1.807) is 13.8 Å². The maximum absolute atomic E-state index is 13.0. The van der Waals surface area contributed by atoms with Gasteiger partial charge in [0.05, 0.1) is 5.41 Å². The molecule has 2 rings (SSSR count). The number of nitrogens with zero attached hydrogens (tertiary/aromatic N) is 2. The molecule has 27 heavy (non-hydrogen) atoms. The number of ether oxygens (including phenoxy) is 1. The summed E-state index contributed by atoms with van der Waals surface area (Å²) in [4.78, 5) is 18.7. The minimum atomic E-state index is -4.56. The Morgan fingerprint density at radius 3 is 2.67 bits per heavy atom. The number of hydrogen-bond donors (Lipinski definition) is 1. The highest BCUT2D eigenvalue weighted by Gasteiger charge is 2.40. The number of rotatable bonds is 5. The van der Waals surface area contributed by atoms with Gasteiger partial charge in [-0.1, -0.05) is 13.8 Å². The van der Waals surface area contributed by atoms with Gasteiger partial charge in [-0.05, 0) is 51.4 Å². The molecule has 5 nitrogen and oxygen atoms in total. The highest BCUT2D eigenvalue weighted by molar-refractivity contribution is 5.82. The number of hydrogen-bond acceptors (Lipinski definition) is 4. The van der Waals surface area contributed by atoms with Gasteiger partial charge < -0.3 is 15.0 Å². The number of alkyl halides is 3. The van der Waals surface area contributed by atoms with Crippen molar-refractivity contribution in [2.75, 3.05) is 26.7 Å². The highest BCUT2D eigenvalue weighted by atomic mass is 19.4. The lowest BCUT2D eigenvalue weighted by atomic mass is 9.78. The Labute approximate surface area is 158 Å². The molecule has 1 atom stereocenters. The number of carbonyl (C=O) groups is 1. The van der Waals surface area contributed by atoms with Crippen LogP contribution in [0.5, 0.6) is 5.88 Å². The lowest BCUT2D eigenvalue weighted by Crippen LogP contribution is -2.57. The molecular weight excluding hydrogens is 359 g/mol. The molecule has 0 spiro atoms. The molecule has 1 fully saturated rings. The van der Waals surface area contributed by atoms with Crippen LogP contribution in [0.15, 0.2) is 18.3 Å². The molecule has 1 aromatic rings. The predicted octanol–water partition coefficient (Wildman–Crippen LogP) is 3.35. The molecule has 0 unspecified atom stereocenters. The Hall–Kier alpha value is -1.83. The Balaban J connectivity index is 2.03. The van der Waals surface area contributed by atoms with Crippen LogP contribution in [-0.4, -0.2) is 48.6 Å². The van der Waals surface area contributed by atoms with Gasteiger partial charge in [-0.25, -0.2) is 4.98 Å². The fourth-order valence-electron chi connectivity index (χ4n) is 3.28. The van der Waals surface area contributed by atoms with Crippen LogP contribution in [0.4, 0.5) is 13.2 Å². The Morgan fingerprint density at radius 2 is 2.07 bits per heavy atom. The van der Waals surface area contributed by atoms with E-state index in [0.29, 0.717) is 0 Å². The average molecular weight is 387 g/mol. The minimum Gasteiger partial charge on any atom is -0.476 e. The number of aromatic nitrogens is 1. The zero-order valence-corrected chi connectivity index (χ0v) is 16.5. The molecule has 1 aliphatic rings. The third-order valence-corrected chi connectivity index (χ3v) is 4.99. The maximum atomic E-state index is 13.0. The number of amides is 1. The van der Waals surface area contributed by atoms with Gasteiger partial charge in [-0.2, -0.15) is 13.2 Å². The Kier molecular flexibility index (Phi) is 6.09. The van der Waals surface area contributed by atoms with Crippen molar-refractivity contribution in [1.29, 1.82) is 0 Å². The van der Waals surface area contributed by atoms with Gasteiger partial charge in [0, 0.05) is 18.8 Å². The largest absolute Gasteiger partial charge is 0.476 e. The summed E-state index contributed by atoms with van der Waals surface area (Å²) in [7, 11) is 2.04. The second-order valence-corrected chi connectivity index (χ2v) is 8.57. The van der Waals surface area contributed by atoms with Crippen LogP contribution in [0.2, 0.25) is 0 Å². The number of piperidine rings is 1. The van der Waals surface area contributed by atoms with Crippen molar-refractivity contribution in [2.45, 2.75) is 46.3 Å². The molecule has 0 radical (unpaired) electrons. The van der Waals surface area contributed by atoms with Crippen molar-refractivity contribution in [2.24, 2.45) is 10.8 Å². The van der Waals surface area contributed by atoms with Crippen LogP contribution < -0.4 is 10.1 Å². The van der Waals surface area contributed by atoms with Crippen molar-refractivity contribution < 1.29 is 22.7 Å². The number of pyridine rings is 1. The van der Waals surface area contributed by atoms with E-state index >= 15 is 0 Å². The van der Waals surface area contributed by atoms with Crippen molar-refractivity contribution in [1.82, 2.24) is 15.2 Å². The van der Waals surface area contributed by atoms with Crippen molar-refractivity contribution in [3.8, 4) is 5.88 Å². The number of nitrogens with one attached hydrogen (secondary N) is 1. The first-order chi connectivity index (χ1) is 12.3. The van der Waals surface area contributed by atoms with Gasteiger partial charge >= 0.3 is 6.18 Å². The van der Waals surface area contributed by atoms with Crippen LogP contribution in [0.1, 0.15) is 39.7 Å². The molecule has 0 aromatic carbocycles. The summed E-state index contributed by atoms with van der Waals surface area (Å²) in [5.41, 5.74) is -2.04. The van der Waals surface area contributed by atoms with Crippen LogP contribution in [-0.2, 0) is 11.0 Å². The highest BCUT2D eigenvalue weighted by Crippen LogP contribution is 2.35. The van der Waals surface area contributed by atoms with Gasteiger partial charge in [0.2, 0.25) is 11.8 Å². The molecule has 1 amide bonds. The quantitative estimate of drug-likeness (QED) is 0.842. The van der Waals surface area contributed by atoms with Crippen LogP contribution in [0, 0.1) is 10.8 Å². The van der Waals surface area contributed by atoms with E-state index < -0.39 is 23.0 Å². The van der Waals surface area contributed by atoms with E-state index in [4.69, 9.17) is 4.74 Å². The third kappa shape index (κ3) is 5.34. The van der Waals surface area contributed by atoms with E-state index in [2.05, 4.69) is 29.0 Å². The minimum absolute atomic E-state index is 0.000983. The summed E-state index contributed by atoms with van der Waals surface area (Å²) >= 11 is 0. The van der Waals surface area contributed by atoms with Gasteiger partial charge in [-0.3, -0.25) is 4.79 Å². The Bertz CT molecular complexity index is 674. The van der Waals surface area contributed by atoms with E-state index in [-0.39, 0.29) is 24.0 Å². The molecule has 0 saturated carbocycles. The number of likely N-dealkylation sites (tertiary alicyclic amines) is 1. The molecule has 8 heteroatoms. The summed E-state index contributed by atoms with van der Waals surface area (Å²) in [6, 6.07) is 2.12. The van der Waals surface area contributed by atoms with E-state index in [9.17, 15) is 18.0 Å². The molecule has 1 N–H and O–H groups in total. The maximum Gasteiger partial charge on any atom is 0.421 e. The first-order valence-electron chi connectivity index (χ1n) is 8.97. The molecule has 1 aromatic heterocycles. The molecule has 1 aliphatic heterocycles. The second-order valence-electron chi connectivity index (χ2n) is 8.57. The standard InChI is InChI=1S/C19H28F3N3O2/c1-17(2)11-25(5)10-8-14(17)24-16(26)18(3,4)12-27-15-13(19(20,21)22)7-6-9-23-15/h6-7,9,14H,8,10-12H2,1-5H3,(H,24,26)/t14-/m1/s1. The molecular formula is C19H28F3N3O2. The van der Waals surface area contributed by atoms with Crippen molar-refractivity contribution >= 4 is 5.91 Å². The van der Waals surface area contributed by atoms with Crippen LogP contribution in [0.3, 0.4) is 0 Å². The Morgan fingerprint density at radius 1 is 1.41 bits per heavy atom. The summed E-state index contributed by atoms with van der Waals surface area (Å²) in [5.74, 6) is -0.750. The summed E-state index contributed by atoms with van der Waals surface area (Å²) in [6.07, 6.45) is -2.50. The zero-order chi connectivity index (χ0) is 20.5. The topological polar surface area (TPSA) is 54.5 Å². The fraction of sp³-hybridized carbons (Fsp3) is 0.684. The summed E-state index contributed by atoms with van der Waals surface area (Å²) in [6.45, 7) is 9.04. The zero-order valence-electron chi connectivity index (χ0n) is 16.5. The van der Waals surface area contributed by atoms with Crippen LogP contribution in [0.25, 0.3) is 0 Å². The van der Waals surface area contributed by atoms with Gasteiger partial charge in [-0.15, -0.1) is 0 Å². The van der Waals surface area contributed by atoms with Crippen molar-refractivity contribution in [3.63, 3.8) is 0 Å². The van der Waals surface area contributed by atoms with Gasteiger partial charge in [0.15, 0.2) is 0 Å². The number of halogens is 3.